The van der Waals surface area contributed by atoms with Crippen LogP contribution in [-0.2, 0) is 0 Å². The van der Waals surface area contributed by atoms with Gasteiger partial charge in [-0.05, 0) is 31.4 Å². The van der Waals surface area contributed by atoms with Crippen molar-refractivity contribution in [1.29, 1.82) is 0 Å². The molecule has 1 aromatic rings. The van der Waals surface area contributed by atoms with Crippen molar-refractivity contribution >= 4 is 5.69 Å². The first-order valence-electron chi connectivity index (χ1n) is 17.6. The molecule has 2 rings (SSSR count). The summed E-state index contributed by atoms with van der Waals surface area (Å²) in [6.45, 7) is 5.82. The summed E-state index contributed by atoms with van der Waals surface area (Å²) in [4.78, 5) is 5.16. The zero-order chi connectivity index (χ0) is 27.6. The van der Waals surface area contributed by atoms with Crippen LogP contribution in [0.3, 0.4) is 0 Å². The van der Waals surface area contributed by atoms with Gasteiger partial charge in [0.05, 0.1) is 0 Å². The Balaban J connectivity index is 1.53. The second-order valence-corrected chi connectivity index (χ2v) is 12.3. The highest BCUT2D eigenvalue weighted by atomic mass is 15.4. The zero-order valence-electron chi connectivity index (χ0n) is 26.4. The molecule has 0 radical (unpaired) electrons. The summed E-state index contributed by atoms with van der Waals surface area (Å²) in [6.07, 6.45) is 40.7. The normalized spacial score (nSPS) is 15.1. The van der Waals surface area contributed by atoms with Crippen LogP contribution in [0.25, 0.3) is 0 Å². The van der Waals surface area contributed by atoms with Crippen LogP contribution >= 0.6 is 0 Å². The van der Waals surface area contributed by atoms with Gasteiger partial charge in [0.2, 0.25) is 0 Å². The Morgan fingerprint density at radius 3 is 1.33 bits per heavy atom. The Bertz CT molecular complexity index is 669. The molecular formula is C37H66N2. The molecular weight excluding hydrogens is 472 g/mol. The van der Waals surface area contributed by atoms with Crippen molar-refractivity contribution in [3.8, 4) is 0 Å². The molecule has 0 saturated heterocycles. The molecule has 1 heterocycles. The predicted octanol–water partition coefficient (Wildman–Crippen LogP) is 12.4. The molecule has 1 aromatic carbocycles. The molecule has 39 heavy (non-hydrogen) atoms. The number of hydrogen-bond acceptors (Lipinski definition) is 2. The molecule has 2 heteroatoms. The largest absolute Gasteiger partial charge is 0.356 e. The summed E-state index contributed by atoms with van der Waals surface area (Å²) in [5.74, 6) is 0. The van der Waals surface area contributed by atoms with E-state index >= 15 is 0 Å². The molecule has 0 aromatic heterocycles. The molecule has 2 nitrogen and oxygen atoms in total. The van der Waals surface area contributed by atoms with Crippen LogP contribution in [0, 0.1) is 0 Å². The lowest BCUT2D eigenvalue weighted by Crippen LogP contribution is -2.39. The van der Waals surface area contributed by atoms with Gasteiger partial charge >= 0.3 is 0 Å². The molecule has 0 fully saturated rings. The number of rotatable bonds is 27. The first-order chi connectivity index (χ1) is 19.4. The molecule has 0 N–H and O–H groups in total. The Kier molecular flexibility index (Phi) is 21.1. The van der Waals surface area contributed by atoms with Crippen LogP contribution in [0.1, 0.15) is 174 Å². The van der Waals surface area contributed by atoms with Crippen molar-refractivity contribution in [2.24, 2.45) is 0 Å². The monoisotopic (exact) mass is 539 g/mol. The van der Waals surface area contributed by atoms with Gasteiger partial charge < -0.3 is 9.80 Å². The minimum absolute atomic E-state index is 0.503. The van der Waals surface area contributed by atoms with E-state index in [-0.39, 0.29) is 0 Å². The Morgan fingerprint density at radius 1 is 0.462 bits per heavy atom. The molecule has 1 atom stereocenters. The van der Waals surface area contributed by atoms with Gasteiger partial charge in [0, 0.05) is 24.6 Å². The highest BCUT2D eigenvalue weighted by molar-refractivity contribution is 5.51. The van der Waals surface area contributed by atoms with Gasteiger partial charge in [0.15, 0.2) is 0 Å². The van der Waals surface area contributed by atoms with Crippen LogP contribution in [0.4, 0.5) is 5.69 Å². The van der Waals surface area contributed by atoms with Crippen molar-refractivity contribution in [3.63, 3.8) is 0 Å². The van der Waals surface area contributed by atoms with Gasteiger partial charge in [0.1, 0.15) is 6.17 Å². The van der Waals surface area contributed by atoms with Crippen LogP contribution in [0.15, 0.2) is 42.7 Å². The SMILES string of the molecule is CCCCCCCCCCCCCCCCCCC1N(CCCCCCCCCC)C=CN1c1ccccc1. The third-order valence-electron chi connectivity index (χ3n) is 8.76. The lowest BCUT2D eigenvalue weighted by Gasteiger charge is -2.33. The summed E-state index contributed by atoms with van der Waals surface area (Å²) in [5, 5.41) is 0. The van der Waals surface area contributed by atoms with E-state index in [1.54, 1.807) is 0 Å². The summed E-state index contributed by atoms with van der Waals surface area (Å²) < 4.78 is 0. The quantitative estimate of drug-likeness (QED) is 0.103. The summed E-state index contributed by atoms with van der Waals surface area (Å²) in [7, 11) is 0. The van der Waals surface area contributed by atoms with Crippen LogP contribution in [0.5, 0.6) is 0 Å². The molecule has 1 aliphatic rings. The number of anilines is 1. The fourth-order valence-corrected chi connectivity index (χ4v) is 6.21. The van der Waals surface area contributed by atoms with Gasteiger partial charge in [-0.3, -0.25) is 0 Å². The summed E-state index contributed by atoms with van der Waals surface area (Å²) in [5.41, 5.74) is 1.34. The van der Waals surface area contributed by atoms with E-state index in [4.69, 9.17) is 0 Å². The van der Waals surface area contributed by atoms with Gasteiger partial charge in [-0.15, -0.1) is 0 Å². The highest BCUT2D eigenvalue weighted by Gasteiger charge is 2.26. The lowest BCUT2D eigenvalue weighted by atomic mass is 10.0. The Morgan fingerprint density at radius 2 is 0.872 bits per heavy atom. The first kappa shape index (κ1) is 33.8. The van der Waals surface area contributed by atoms with E-state index in [2.05, 4.69) is 66.4 Å². The van der Waals surface area contributed by atoms with Crippen molar-refractivity contribution in [3.05, 3.63) is 42.7 Å². The summed E-state index contributed by atoms with van der Waals surface area (Å²) in [6, 6.07) is 11.0. The van der Waals surface area contributed by atoms with E-state index in [0.717, 1.165) is 0 Å². The fraction of sp³-hybridized carbons (Fsp3) is 0.784. The van der Waals surface area contributed by atoms with E-state index in [1.165, 1.54) is 173 Å². The molecule has 0 amide bonds. The van der Waals surface area contributed by atoms with Gasteiger partial charge in [-0.2, -0.15) is 0 Å². The Hall–Kier alpha value is -1.44. The zero-order valence-corrected chi connectivity index (χ0v) is 26.4. The first-order valence-corrected chi connectivity index (χ1v) is 17.6. The fourth-order valence-electron chi connectivity index (χ4n) is 6.21. The van der Waals surface area contributed by atoms with Crippen molar-refractivity contribution in [2.75, 3.05) is 11.4 Å². The number of unbranched alkanes of at least 4 members (excludes halogenated alkanes) is 22. The highest BCUT2D eigenvalue weighted by Crippen LogP contribution is 2.28. The maximum Gasteiger partial charge on any atom is 0.105 e. The topological polar surface area (TPSA) is 6.48 Å². The second-order valence-electron chi connectivity index (χ2n) is 12.3. The molecule has 0 saturated carbocycles. The van der Waals surface area contributed by atoms with Crippen LogP contribution in [-0.4, -0.2) is 17.6 Å². The molecule has 0 aliphatic carbocycles. The van der Waals surface area contributed by atoms with Crippen molar-refractivity contribution in [2.45, 2.75) is 181 Å². The number of hydrogen-bond donors (Lipinski definition) is 0. The van der Waals surface area contributed by atoms with Gasteiger partial charge in [-0.1, -0.05) is 173 Å². The standard InChI is InChI=1S/C37H66N2/c1-3-5-7-9-11-13-14-15-16-17-18-19-20-21-23-28-32-37-38(33-29-24-22-12-10-8-6-4-2)34-35-39(37)36-30-26-25-27-31-36/h25-27,30-31,34-35,37H,3-24,28-29,32-33H2,1-2H3. The summed E-state index contributed by atoms with van der Waals surface area (Å²) >= 11 is 0. The minimum atomic E-state index is 0.503. The number of para-hydroxylation sites is 1. The Labute approximate surface area is 245 Å². The number of nitrogens with zero attached hydrogens (tertiary/aromatic N) is 2. The number of benzene rings is 1. The van der Waals surface area contributed by atoms with Crippen molar-refractivity contribution < 1.29 is 0 Å². The van der Waals surface area contributed by atoms with Crippen LogP contribution < -0.4 is 4.90 Å². The third kappa shape index (κ3) is 16.4. The third-order valence-corrected chi connectivity index (χ3v) is 8.76. The molecule has 1 aliphatic heterocycles. The maximum absolute atomic E-state index is 2.63. The predicted molar refractivity (Wildman–Crippen MR) is 175 cm³/mol. The molecule has 1 unspecified atom stereocenters. The van der Waals surface area contributed by atoms with E-state index in [9.17, 15) is 0 Å². The molecule has 0 bridgehead atoms. The smallest absolute Gasteiger partial charge is 0.105 e. The van der Waals surface area contributed by atoms with Gasteiger partial charge in [-0.25, -0.2) is 0 Å². The average molecular weight is 539 g/mol. The molecule has 224 valence electrons. The second kappa shape index (κ2) is 24.4. The van der Waals surface area contributed by atoms with Gasteiger partial charge in [0.25, 0.3) is 0 Å². The van der Waals surface area contributed by atoms with E-state index in [0.29, 0.717) is 6.17 Å². The van der Waals surface area contributed by atoms with E-state index < -0.39 is 0 Å². The van der Waals surface area contributed by atoms with E-state index in [1.807, 2.05) is 0 Å². The van der Waals surface area contributed by atoms with Crippen molar-refractivity contribution in [1.82, 2.24) is 4.90 Å². The van der Waals surface area contributed by atoms with Crippen LogP contribution in [0.2, 0.25) is 0 Å². The minimum Gasteiger partial charge on any atom is -0.356 e. The lowest BCUT2D eigenvalue weighted by molar-refractivity contribution is 0.273. The maximum atomic E-state index is 2.63. The average Bonchev–Trinajstić information content (AvgIpc) is 3.37. The molecule has 0 spiro atoms.